The monoisotopic (exact) mass is 428 g/mol. The number of nitrogens with one attached hydrogen (secondary N) is 1. The van der Waals surface area contributed by atoms with E-state index in [1.165, 1.54) is 6.92 Å². The molecule has 10 N–H and O–H groups in total. The van der Waals surface area contributed by atoms with Crippen molar-refractivity contribution in [2.45, 2.75) is 37.3 Å². The normalized spacial score (nSPS) is 23.6. The van der Waals surface area contributed by atoms with Crippen molar-refractivity contribution in [3.05, 3.63) is 11.8 Å². The van der Waals surface area contributed by atoms with E-state index < -0.39 is 64.8 Å². The van der Waals surface area contributed by atoms with Crippen LogP contribution in [0.5, 0.6) is 0 Å². The summed E-state index contributed by atoms with van der Waals surface area (Å²) >= 11 is 0. The van der Waals surface area contributed by atoms with E-state index in [4.69, 9.17) is 31.0 Å². The van der Waals surface area contributed by atoms with Gasteiger partial charge in [-0.25, -0.2) is 9.79 Å². The van der Waals surface area contributed by atoms with E-state index in [1.54, 1.807) is 0 Å². The Hall–Kier alpha value is -2.46. The number of hydrogen-bond acceptors (Lipinski definition) is 9. The van der Waals surface area contributed by atoms with Crippen LogP contribution in [0, 0.1) is 0 Å². The van der Waals surface area contributed by atoms with E-state index in [2.05, 4.69) is 10.3 Å². The first-order valence-corrected chi connectivity index (χ1v) is 9.39. The minimum absolute atomic E-state index is 0.371. The SMILES string of the molecule is CC(=O)N[C@@H]1[C@@H](N=C(N)N)C=C(C(=O)O)O[C@H]1C(O)C(O)CO.CS(=O)(=O)O. The predicted octanol–water partition coefficient (Wildman–Crippen LogP) is -4.28. The summed E-state index contributed by atoms with van der Waals surface area (Å²) in [7, 11) is -3.67. The number of aliphatic hydroxyl groups is 3. The summed E-state index contributed by atoms with van der Waals surface area (Å²) in [6.45, 7) is 0.391. The molecular weight excluding hydrogens is 404 g/mol. The first-order chi connectivity index (χ1) is 12.7. The average molecular weight is 428 g/mol. The summed E-state index contributed by atoms with van der Waals surface area (Å²) in [5, 5.41) is 40.1. The van der Waals surface area contributed by atoms with Gasteiger partial charge >= 0.3 is 5.97 Å². The molecule has 0 saturated heterocycles. The van der Waals surface area contributed by atoms with Crippen LogP contribution in [0.3, 0.4) is 0 Å². The van der Waals surface area contributed by atoms with Gasteiger partial charge in [0.05, 0.1) is 24.9 Å². The zero-order valence-electron chi connectivity index (χ0n) is 15.0. The number of nitrogens with two attached hydrogens (primary N) is 2. The number of aliphatic carboxylic acids is 1. The molecule has 1 heterocycles. The van der Waals surface area contributed by atoms with Crippen molar-refractivity contribution in [1.82, 2.24) is 5.32 Å². The highest BCUT2D eigenvalue weighted by Gasteiger charge is 2.43. The van der Waals surface area contributed by atoms with E-state index in [9.17, 15) is 28.2 Å². The van der Waals surface area contributed by atoms with Crippen LogP contribution < -0.4 is 16.8 Å². The Morgan fingerprint density at radius 3 is 2.21 bits per heavy atom. The van der Waals surface area contributed by atoms with Crippen molar-refractivity contribution < 1.29 is 47.7 Å². The van der Waals surface area contributed by atoms with Gasteiger partial charge in [-0.3, -0.25) is 9.35 Å². The molecule has 14 nitrogen and oxygen atoms in total. The first-order valence-electron chi connectivity index (χ1n) is 7.54. The molecule has 0 bridgehead atoms. The summed E-state index contributed by atoms with van der Waals surface area (Å²) in [4.78, 5) is 26.3. The van der Waals surface area contributed by atoms with Crippen LogP contribution in [-0.4, -0.2) is 94.5 Å². The smallest absolute Gasteiger partial charge is 0.370 e. The zero-order valence-corrected chi connectivity index (χ0v) is 15.8. The molecule has 0 aromatic carbocycles. The second kappa shape index (κ2) is 10.8. The third-order valence-electron chi connectivity index (χ3n) is 3.10. The second-order valence-corrected chi connectivity index (χ2v) is 7.13. The maximum absolute atomic E-state index is 11.4. The summed E-state index contributed by atoms with van der Waals surface area (Å²) in [5.74, 6) is -2.89. The molecule has 1 aliphatic heterocycles. The van der Waals surface area contributed by atoms with Crippen LogP contribution >= 0.6 is 0 Å². The number of carboxylic acid groups (broad SMARTS) is 1. The molecule has 0 aromatic heterocycles. The lowest BCUT2D eigenvalue weighted by Gasteiger charge is -2.38. The van der Waals surface area contributed by atoms with E-state index in [-0.39, 0.29) is 5.96 Å². The van der Waals surface area contributed by atoms with Crippen LogP contribution in [0.2, 0.25) is 0 Å². The molecule has 2 unspecified atom stereocenters. The van der Waals surface area contributed by atoms with Gasteiger partial charge in [0.1, 0.15) is 18.3 Å². The standard InChI is InChI=1S/C12H20N4O7.CH4O3S/c1-4(18)15-8-5(16-12(13)14)2-7(11(21)22)23-10(8)9(20)6(19)3-17;1-5(2,3)4/h2,5-6,8-10,17,19-20H,3H2,1H3,(H,15,18)(H,21,22)(H4,13,14,16);1H3,(H,2,3,4)/t5-,6?,8+,9?,10+;/m0./s1. The van der Waals surface area contributed by atoms with Crippen LogP contribution in [0.4, 0.5) is 0 Å². The number of nitrogens with zero attached hydrogens (tertiary/aromatic N) is 1. The highest BCUT2D eigenvalue weighted by atomic mass is 32.2. The van der Waals surface area contributed by atoms with Crippen molar-refractivity contribution >= 4 is 28.0 Å². The quantitative estimate of drug-likeness (QED) is 0.114. The van der Waals surface area contributed by atoms with Gasteiger partial charge in [-0.05, 0) is 6.08 Å². The number of carbonyl (C=O) groups is 2. The number of hydrogen-bond donors (Lipinski definition) is 8. The number of aliphatic hydroxyl groups excluding tert-OH is 3. The van der Waals surface area contributed by atoms with Gasteiger partial charge in [0.2, 0.25) is 11.7 Å². The van der Waals surface area contributed by atoms with Crippen LogP contribution in [-0.2, 0) is 24.4 Å². The van der Waals surface area contributed by atoms with Gasteiger partial charge in [-0.2, -0.15) is 8.42 Å². The molecule has 0 spiro atoms. The van der Waals surface area contributed by atoms with Gasteiger partial charge in [0.15, 0.2) is 5.96 Å². The first kappa shape index (κ1) is 25.5. The largest absolute Gasteiger partial charge is 0.478 e. The summed E-state index contributed by atoms with van der Waals surface area (Å²) < 4.78 is 31.0. The lowest BCUT2D eigenvalue weighted by molar-refractivity contribution is -0.145. The summed E-state index contributed by atoms with van der Waals surface area (Å²) in [6, 6.07) is -2.11. The van der Waals surface area contributed by atoms with Gasteiger partial charge in [0, 0.05) is 6.92 Å². The van der Waals surface area contributed by atoms with E-state index in [0.29, 0.717) is 6.26 Å². The Labute approximate surface area is 160 Å². The van der Waals surface area contributed by atoms with Gasteiger partial charge in [-0.1, -0.05) is 0 Å². The molecule has 15 heteroatoms. The number of guanidine groups is 1. The van der Waals surface area contributed by atoms with Crippen LogP contribution in [0.1, 0.15) is 6.92 Å². The van der Waals surface area contributed by atoms with Crippen LogP contribution in [0.25, 0.3) is 0 Å². The van der Waals surface area contributed by atoms with Crippen molar-refractivity contribution in [3.63, 3.8) is 0 Å². The predicted molar refractivity (Wildman–Crippen MR) is 94.4 cm³/mol. The molecule has 5 atom stereocenters. The molecule has 0 fully saturated rings. The molecule has 162 valence electrons. The van der Waals surface area contributed by atoms with Gasteiger partial charge < -0.3 is 41.9 Å². The number of carbonyl (C=O) groups excluding carboxylic acids is 1. The fourth-order valence-electron chi connectivity index (χ4n) is 2.14. The average Bonchev–Trinajstić information content (AvgIpc) is 2.52. The third-order valence-corrected chi connectivity index (χ3v) is 3.10. The maximum atomic E-state index is 11.4. The van der Waals surface area contributed by atoms with E-state index in [1.807, 2.05) is 0 Å². The molecule has 1 amide bonds. The summed E-state index contributed by atoms with van der Waals surface area (Å²) in [5.41, 5.74) is 10.6. The Bertz CT molecular complexity index is 711. The van der Waals surface area contributed by atoms with Crippen molar-refractivity contribution in [2.24, 2.45) is 16.5 Å². The van der Waals surface area contributed by atoms with Crippen molar-refractivity contribution in [3.8, 4) is 0 Å². The van der Waals surface area contributed by atoms with Gasteiger partial charge in [-0.15, -0.1) is 0 Å². The second-order valence-electron chi connectivity index (χ2n) is 5.66. The molecule has 0 radical (unpaired) electrons. The molecule has 1 aliphatic rings. The van der Waals surface area contributed by atoms with E-state index in [0.717, 1.165) is 6.08 Å². The Balaban J connectivity index is 0.00000129. The van der Waals surface area contributed by atoms with Crippen molar-refractivity contribution in [2.75, 3.05) is 12.9 Å². The fourth-order valence-corrected chi connectivity index (χ4v) is 2.14. The van der Waals surface area contributed by atoms with Gasteiger partial charge in [0.25, 0.3) is 10.1 Å². The molecular formula is C13H24N4O10S. The molecule has 0 aromatic rings. The lowest BCUT2D eigenvalue weighted by Crippen LogP contribution is -2.59. The minimum atomic E-state index is -3.67. The molecule has 1 rings (SSSR count). The Morgan fingerprint density at radius 1 is 1.36 bits per heavy atom. The van der Waals surface area contributed by atoms with Crippen molar-refractivity contribution in [1.29, 1.82) is 0 Å². The number of carboxylic acids is 1. The Morgan fingerprint density at radius 2 is 1.86 bits per heavy atom. The maximum Gasteiger partial charge on any atom is 0.370 e. The number of rotatable bonds is 6. The minimum Gasteiger partial charge on any atom is -0.478 e. The lowest BCUT2D eigenvalue weighted by atomic mass is 9.92. The van der Waals surface area contributed by atoms with Crippen LogP contribution in [0.15, 0.2) is 16.8 Å². The number of aliphatic imine (C=N–C) groups is 1. The van der Waals surface area contributed by atoms with E-state index >= 15 is 0 Å². The third kappa shape index (κ3) is 9.47. The highest BCUT2D eigenvalue weighted by Crippen LogP contribution is 2.24. The fraction of sp³-hybridized carbons (Fsp3) is 0.615. The summed E-state index contributed by atoms with van der Waals surface area (Å²) in [6.07, 6.45) is -2.93. The number of amides is 1. The molecule has 28 heavy (non-hydrogen) atoms. The molecule has 0 aliphatic carbocycles. The Kier molecular flexibility index (Phi) is 9.82. The zero-order chi connectivity index (χ0) is 22.2. The topological polar surface area (TPSA) is 255 Å². The highest BCUT2D eigenvalue weighted by molar-refractivity contribution is 7.85. The molecule has 0 saturated carbocycles. The number of ether oxygens (including phenoxy) is 1.